The highest BCUT2D eigenvalue weighted by atomic mass is 16.5. The molecule has 18 heavy (non-hydrogen) atoms. The Morgan fingerprint density at radius 2 is 2.00 bits per heavy atom. The molecular formula is C14H24N2O2. The van der Waals surface area contributed by atoms with Crippen molar-refractivity contribution in [3.05, 3.63) is 23.8 Å². The van der Waals surface area contributed by atoms with Crippen molar-refractivity contribution in [2.24, 2.45) is 5.73 Å². The highest BCUT2D eigenvalue weighted by Gasteiger charge is 2.05. The predicted octanol–water partition coefficient (Wildman–Crippen LogP) is 1.53. The van der Waals surface area contributed by atoms with Gasteiger partial charge in [-0.2, -0.15) is 0 Å². The molecule has 0 spiro atoms. The van der Waals surface area contributed by atoms with E-state index >= 15 is 0 Å². The summed E-state index contributed by atoms with van der Waals surface area (Å²) in [4.78, 5) is 2.09. The van der Waals surface area contributed by atoms with Crippen molar-refractivity contribution in [1.29, 1.82) is 0 Å². The summed E-state index contributed by atoms with van der Waals surface area (Å²) >= 11 is 0. The van der Waals surface area contributed by atoms with Gasteiger partial charge in [-0.25, -0.2) is 0 Å². The maximum atomic E-state index is 5.71. The Hall–Kier alpha value is -1.26. The Kier molecular flexibility index (Phi) is 6.54. The molecule has 2 N–H and O–H groups in total. The van der Waals surface area contributed by atoms with Crippen LogP contribution in [0.3, 0.4) is 0 Å². The van der Waals surface area contributed by atoms with Crippen LogP contribution in [-0.2, 0) is 6.42 Å². The Morgan fingerprint density at radius 3 is 2.61 bits per heavy atom. The number of ether oxygens (including phenoxy) is 2. The van der Waals surface area contributed by atoms with Gasteiger partial charge in [0.1, 0.15) is 6.61 Å². The van der Waals surface area contributed by atoms with E-state index in [1.54, 1.807) is 7.11 Å². The van der Waals surface area contributed by atoms with Crippen molar-refractivity contribution < 1.29 is 9.47 Å². The molecule has 0 aliphatic carbocycles. The van der Waals surface area contributed by atoms with Crippen LogP contribution in [0, 0.1) is 0 Å². The number of hydrogen-bond donors (Lipinski definition) is 1. The van der Waals surface area contributed by atoms with Crippen LogP contribution >= 0.6 is 0 Å². The summed E-state index contributed by atoms with van der Waals surface area (Å²) in [6.45, 7) is 2.26. The molecule has 0 radical (unpaired) electrons. The number of nitrogens with zero attached hydrogens (tertiary/aromatic N) is 1. The van der Waals surface area contributed by atoms with Crippen LogP contribution in [0.1, 0.15) is 12.0 Å². The number of rotatable bonds is 8. The third-order valence-electron chi connectivity index (χ3n) is 2.69. The second-order valence-corrected chi connectivity index (χ2v) is 4.53. The first-order valence-corrected chi connectivity index (χ1v) is 6.32. The van der Waals surface area contributed by atoms with E-state index in [1.165, 1.54) is 5.56 Å². The average Bonchev–Trinajstić information content (AvgIpc) is 2.36. The largest absolute Gasteiger partial charge is 0.493 e. The highest BCUT2D eigenvalue weighted by Crippen LogP contribution is 2.28. The SMILES string of the molecule is COc1cc(CCCN)ccc1OCCN(C)C. The molecule has 1 rings (SSSR count). The van der Waals surface area contributed by atoms with Gasteiger partial charge in [-0.05, 0) is 51.2 Å². The van der Waals surface area contributed by atoms with Gasteiger partial charge in [-0.15, -0.1) is 0 Å². The normalized spacial score (nSPS) is 10.7. The van der Waals surface area contributed by atoms with Crippen LogP contribution in [0.25, 0.3) is 0 Å². The van der Waals surface area contributed by atoms with Crippen molar-refractivity contribution in [1.82, 2.24) is 4.90 Å². The number of hydrogen-bond acceptors (Lipinski definition) is 4. The topological polar surface area (TPSA) is 47.7 Å². The molecule has 102 valence electrons. The molecule has 0 fully saturated rings. The molecule has 1 aromatic rings. The molecule has 4 nitrogen and oxygen atoms in total. The molecule has 0 bridgehead atoms. The van der Waals surface area contributed by atoms with E-state index < -0.39 is 0 Å². The van der Waals surface area contributed by atoms with Crippen molar-refractivity contribution in [2.45, 2.75) is 12.8 Å². The summed E-state index contributed by atoms with van der Waals surface area (Å²) in [5, 5.41) is 0. The lowest BCUT2D eigenvalue weighted by Gasteiger charge is -2.14. The zero-order chi connectivity index (χ0) is 13.4. The van der Waals surface area contributed by atoms with E-state index in [-0.39, 0.29) is 0 Å². The second-order valence-electron chi connectivity index (χ2n) is 4.53. The minimum atomic E-state index is 0.658. The lowest BCUT2D eigenvalue weighted by atomic mass is 10.1. The Morgan fingerprint density at radius 1 is 1.22 bits per heavy atom. The van der Waals surface area contributed by atoms with E-state index in [0.29, 0.717) is 13.2 Å². The van der Waals surface area contributed by atoms with E-state index in [0.717, 1.165) is 30.9 Å². The van der Waals surface area contributed by atoms with Gasteiger partial charge in [0.05, 0.1) is 7.11 Å². The maximum Gasteiger partial charge on any atom is 0.161 e. The molecule has 0 saturated carbocycles. The number of likely N-dealkylation sites (N-methyl/N-ethyl adjacent to an activating group) is 1. The van der Waals surface area contributed by atoms with Gasteiger partial charge in [-0.1, -0.05) is 6.07 Å². The lowest BCUT2D eigenvalue weighted by Crippen LogP contribution is -2.19. The summed E-state index contributed by atoms with van der Waals surface area (Å²) in [6.07, 6.45) is 1.97. The summed E-state index contributed by atoms with van der Waals surface area (Å²) in [7, 11) is 5.72. The highest BCUT2D eigenvalue weighted by molar-refractivity contribution is 5.43. The second kappa shape index (κ2) is 7.95. The summed E-state index contributed by atoms with van der Waals surface area (Å²) in [6, 6.07) is 6.07. The molecular weight excluding hydrogens is 228 g/mol. The van der Waals surface area contributed by atoms with E-state index in [2.05, 4.69) is 11.0 Å². The monoisotopic (exact) mass is 252 g/mol. The molecule has 1 aromatic carbocycles. The quantitative estimate of drug-likeness (QED) is 0.762. The Labute approximate surface area is 110 Å². The van der Waals surface area contributed by atoms with Gasteiger partial charge >= 0.3 is 0 Å². The van der Waals surface area contributed by atoms with Crippen LogP contribution in [0.2, 0.25) is 0 Å². The maximum absolute atomic E-state index is 5.71. The van der Waals surface area contributed by atoms with Crippen molar-refractivity contribution in [3.8, 4) is 11.5 Å². The Balaban J connectivity index is 2.61. The number of nitrogens with two attached hydrogens (primary N) is 1. The smallest absolute Gasteiger partial charge is 0.161 e. The van der Waals surface area contributed by atoms with E-state index in [4.69, 9.17) is 15.2 Å². The van der Waals surface area contributed by atoms with Gasteiger partial charge in [0.15, 0.2) is 11.5 Å². The molecule has 0 aliphatic rings. The van der Waals surface area contributed by atoms with E-state index in [9.17, 15) is 0 Å². The third-order valence-corrected chi connectivity index (χ3v) is 2.69. The molecule has 4 heteroatoms. The Bertz CT molecular complexity index is 354. The summed E-state index contributed by atoms with van der Waals surface area (Å²) in [5.74, 6) is 1.60. The third kappa shape index (κ3) is 4.94. The van der Waals surface area contributed by atoms with E-state index in [1.807, 2.05) is 26.2 Å². The fourth-order valence-corrected chi connectivity index (χ4v) is 1.63. The van der Waals surface area contributed by atoms with Crippen LogP contribution in [-0.4, -0.2) is 45.8 Å². The molecule has 0 aromatic heterocycles. The molecule has 0 aliphatic heterocycles. The number of benzene rings is 1. The molecule has 0 saturated heterocycles. The zero-order valence-corrected chi connectivity index (χ0v) is 11.6. The first kappa shape index (κ1) is 14.8. The van der Waals surface area contributed by atoms with Gasteiger partial charge in [-0.3, -0.25) is 0 Å². The van der Waals surface area contributed by atoms with Crippen LogP contribution in [0.5, 0.6) is 11.5 Å². The first-order chi connectivity index (χ1) is 8.67. The minimum absolute atomic E-state index is 0.658. The lowest BCUT2D eigenvalue weighted by molar-refractivity contribution is 0.250. The van der Waals surface area contributed by atoms with Gasteiger partial charge in [0, 0.05) is 6.54 Å². The zero-order valence-electron chi connectivity index (χ0n) is 11.6. The summed E-state index contributed by atoms with van der Waals surface area (Å²) in [5.41, 5.74) is 6.74. The van der Waals surface area contributed by atoms with Gasteiger partial charge in [0.25, 0.3) is 0 Å². The first-order valence-electron chi connectivity index (χ1n) is 6.32. The van der Waals surface area contributed by atoms with Gasteiger partial charge in [0.2, 0.25) is 0 Å². The fraction of sp³-hybridized carbons (Fsp3) is 0.571. The van der Waals surface area contributed by atoms with Crippen molar-refractivity contribution >= 4 is 0 Å². The van der Waals surface area contributed by atoms with Gasteiger partial charge < -0.3 is 20.1 Å². The van der Waals surface area contributed by atoms with Crippen LogP contribution in [0.15, 0.2) is 18.2 Å². The average molecular weight is 252 g/mol. The predicted molar refractivity (Wildman–Crippen MR) is 74.4 cm³/mol. The molecule has 0 unspecified atom stereocenters. The molecule has 0 amide bonds. The summed E-state index contributed by atoms with van der Waals surface area (Å²) < 4.78 is 11.1. The minimum Gasteiger partial charge on any atom is -0.493 e. The fourth-order valence-electron chi connectivity index (χ4n) is 1.63. The van der Waals surface area contributed by atoms with Crippen LogP contribution < -0.4 is 15.2 Å². The number of methoxy groups -OCH3 is 1. The van der Waals surface area contributed by atoms with Crippen molar-refractivity contribution in [3.63, 3.8) is 0 Å². The number of aryl methyl sites for hydroxylation is 1. The molecule has 0 atom stereocenters. The van der Waals surface area contributed by atoms with Crippen molar-refractivity contribution in [2.75, 3.05) is 40.9 Å². The standard InChI is InChI=1S/C14H24N2O2/c1-16(2)9-10-18-13-7-6-12(5-4-8-15)11-14(13)17-3/h6-7,11H,4-5,8-10,15H2,1-3H3. The molecule has 0 heterocycles. The van der Waals surface area contributed by atoms with Crippen LogP contribution in [0.4, 0.5) is 0 Å².